The van der Waals surface area contributed by atoms with Gasteiger partial charge in [-0.25, -0.2) is 4.98 Å². The lowest BCUT2D eigenvalue weighted by molar-refractivity contribution is 0.623. The SMILES string of the molecule is CCCCc1nc(SC)cc(=O)n1Cc1ccc(-c2ccccc2C#N)cc1. The lowest BCUT2D eigenvalue weighted by Gasteiger charge is -2.13. The van der Waals surface area contributed by atoms with E-state index < -0.39 is 0 Å². The predicted octanol–water partition coefficient (Wildman–Crippen LogP) is 4.89. The number of aromatic nitrogens is 2. The number of thioether (sulfide) groups is 1. The molecular weight excluding hydrogens is 366 g/mol. The normalized spacial score (nSPS) is 10.6. The van der Waals surface area contributed by atoms with E-state index in [2.05, 4.69) is 18.0 Å². The summed E-state index contributed by atoms with van der Waals surface area (Å²) in [6.45, 7) is 2.64. The molecule has 28 heavy (non-hydrogen) atoms. The smallest absolute Gasteiger partial charge is 0.254 e. The standard InChI is InChI=1S/C23H23N3OS/c1-3-4-9-21-25-22(28-2)14-23(27)26(21)16-17-10-12-18(13-11-17)20-8-6-5-7-19(20)15-24/h5-8,10-14H,3-4,9,16H2,1-2H3. The van der Waals surface area contributed by atoms with Crippen molar-refractivity contribution in [3.05, 3.63) is 81.9 Å². The molecule has 1 heterocycles. The van der Waals surface area contributed by atoms with E-state index in [9.17, 15) is 10.1 Å². The van der Waals surface area contributed by atoms with Crippen LogP contribution < -0.4 is 5.56 Å². The molecule has 0 unspecified atom stereocenters. The Morgan fingerprint density at radius 2 is 1.89 bits per heavy atom. The Labute approximate surface area is 169 Å². The lowest BCUT2D eigenvalue weighted by Crippen LogP contribution is -2.25. The second-order valence-electron chi connectivity index (χ2n) is 6.60. The largest absolute Gasteiger partial charge is 0.292 e. The van der Waals surface area contributed by atoms with Gasteiger partial charge in [-0.05, 0) is 35.4 Å². The molecule has 0 N–H and O–H groups in total. The molecule has 0 aliphatic heterocycles. The zero-order valence-electron chi connectivity index (χ0n) is 16.2. The molecule has 142 valence electrons. The topological polar surface area (TPSA) is 58.7 Å². The summed E-state index contributed by atoms with van der Waals surface area (Å²) in [6, 6.07) is 19.5. The van der Waals surface area contributed by atoms with Gasteiger partial charge in [-0.3, -0.25) is 9.36 Å². The van der Waals surface area contributed by atoms with Crippen LogP contribution in [0.4, 0.5) is 0 Å². The fraction of sp³-hybridized carbons (Fsp3) is 0.261. The number of nitrogens with zero attached hydrogens (tertiary/aromatic N) is 3. The number of unbranched alkanes of at least 4 members (excludes halogenated alkanes) is 1. The van der Waals surface area contributed by atoms with Crippen LogP contribution >= 0.6 is 11.8 Å². The third-order valence-corrected chi connectivity index (χ3v) is 5.31. The van der Waals surface area contributed by atoms with Crippen molar-refractivity contribution in [2.75, 3.05) is 6.26 Å². The van der Waals surface area contributed by atoms with Crippen molar-refractivity contribution < 1.29 is 0 Å². The van der Waals surface area contributed by atoms with Gasteiger partial charge in [0.25, 0.3) is 5.56 Å². The molecule has 5 heteroatoms. The predicted molar refractivity (Wildman–Crippen MR) is 115 cm³/mol. The maximum atomic E-state index is 12.6. The summed E-state index contributed by atoms with van der Waals surface area (Å²) in [4.78, 5) is 17.3. The van der Waals surface area contributed by atoms with Crippen molar-refractivity contribution in [2.24, 2.45) is 0 Å². The highest BCUT2D eigenvalue weighted by atomic mass is 32.2. The molecule has 0 amide bonds. The number of hydrogen-bond acceptors (Lipinski definition) is 4. The van der Waals surface area contributed by atoms with Gasteiger partial charge in [0.05, 0.1) is 18.2 Å². The quantitative estimate of drug-likeness (QED) is 0.426. The fourth-order valence-corrected chi connectivity index (χ4v) is 3.55. The highest BCUT2D eigenvalue weighted by Gasteiger charge is 2.10. The van der Waals surface area contributed by atoms with E-state index in [0.29, 0.717) is 12.1 Å². The number of hydrogen-bond donors (Lipinski definition) is 0. The first-order valence-electron chi connectivity index (χ1n) is 9.39. The third kappa shape index (κ3) is 4.52. The third-order valence-electron chi connectivity index (χ3n) is 4.68. The summed E-state index contributed by atoms with van der Waals surface area (Å²) < 4.78 is 1.77. The first-order valence-corrected chi connectivity index (χ1v) is 10.6. The zero-order chi connectivity index (χ0) is 19.9. The van der Waals surface area contributed by atoms with Gasteiger partial charge in [-0.1, -0.05) is 55.8 Å². The fourth-order valence-electron chi connectivity index (χ4n) is 3.13. The van der Waals surface area contributed by atoms with Crippen LogP contribution in [0.3, 0.4) is 0 Å². The summed E-state index contributed by atoms with van der Waals surface area (Å²) in [6.07, 6.45) is 4.81. The zero-order valence-corrected chi connectivity index (χ0v) is 17.0. The van der Waals surface area contributed by atoms with E-state index in [1.165, 1.54) is 11.8 Å². The molecule has 1 aromatic heterocycles. The van der Waals surface area contributed by atoms with E-state index in [1.807, 2.05) is 54.8 Å². The van der Waals surface area contributed by atoms with Crippen LogP contribution in [0.2, 0.25) is 0 Å². The summed E-state index contributed by atoms with van der Waals surface area (Å²) in [7, 11) is 0. The van der Waals surface area contributed by atoms with E-state index in [-0.39, 0.29) is 5.56 Å². The molecule has 0 radical (unpaired) electrons. The Balaban J connectivity index is 1.90. The Kier molecular flexibility index (Phi) is 6.67. The summed E-state index contributed by atoms with van der Waals surface area (Å²) in [5, 5.41) is 10.1. The molecule has 0 aliphatic carbocycles. The minimum absolute atomic E-state index is 0.00986. The average Bonchev–Trinajstić information content (AvgIpc) is 2.74. The number of benzene rings is 2. The molecule has 2 aromatic carbocycles. The van der Waals surface area contributed by atoms with Crippen LogP contribution in [0.1, 0.15) is 36.7 Å². The van der Waals surface area contributed by atoms with E-state index >= 15 is 0 Å². The van der Waals surface area contributed by atoms with Crippen LogP contribution in [0, 0.1) is 11.3 Å². The van der Waals surface area contributed by atoms with Gasteiger partial charge >= 0.3 is 0 Å². The van der Waals surface area contributed by atoms with Gasteiger partial charge < -0.3 is 0 Å². The highest BCUT2D eigenvalue weighted by molar-refractivity contribution is 7.98. The molecule has 3 rings (SSSR count). The molecule has 0 fully saturated rings. The summed E-state index contributed by atoms with van der Waals surface area (Å²) in [5.74, 6) is 0.845. The van der Waals surface area contributed by atoms with Gasteiger partial charge in [0.2, 0.25) is 0 Å². The molecule has 3 aromatic rings. The molecular formula is C23H23N3OS. The van der Waals surface area contributed by atoms with Gasteiger partial charge in [0, 0.05) is 12.5 Å². The van der Waals surface area contributed by atoms with Gasteiger partial charge in [-0.2, -0.15) is 5.26 Å². The monoisotopic (exact) mass is 389 g/mol. The van der Waals surface area contributed by atoms with Crippen molar-refractivity contribution in [2.45, 2.75) is 37.8 Å². The molecule has 0 saturated heterocycles. The Morgan fingerprint density at radius 1 is 1.14 bits per heavy atom. The van der Waals surface area contributed by atoms with Crippen molar-refractivity contribution in [3.63, 3.8) is 0 Å². The molecule has 4 nitrogen and oxygen atoms in total. The number of aryl methyl sites for hydroxylation is 1. The van der Waals surface area contributed by atoms with Crippen LogP contribution in [0.15, 0.2) is 64.4 Å². The molecule has 0 atom stereocenters. The van der Waals surface area contributed by atoms with Crippen LogP contribution in [0.25, 0.3) is 11.1 Å². The molecule has 0 spiro atoms. The maximum Gasteiger partial charge on any atom is 0.254 e. The van der Waals surface area contributed by atoms with Gasteiger partial charge in [-0.15, -0.1) is 11.8 Å². The van der Waals surface area contributed by atoms with E-state index in [4.69, 9.17) is 0 Å². The van der Waals surface area contributed by atoms with Crippen LogP contribution in [-0.4, -0.2) is 15.8 Å². The van der Waals surface area contributed by atoms with Crippen molar-refractivity contribution in [1.82, 2.24) is 9.55 Å². The van der Waals surface area contributed by atoms with Crippen LogP contribution in [-0.2, 0) is 13.0 Å². The lowest BCUT2D eigenvalue weighted by atomic mass is 9.99. The van der Waals surface area contributed by atoms with Crippen LogP contribution in [0.5, 0.6) is 0 Å². The maximum absolute atomic E-state index is 12.6. The van der Waals surface area contributed by atoms with Gasteiger partial charge in [0.15, 0.2) is 0 Å². The summed E-state index contributed by atoms with van der Waals surface area (Å²) >= 11 is 1.50. The average molecular weight is 390 g/mol. The molecule has 0 bridgehead atoms. The van der Waals surface area contributed by atoms with E-state index in [1.54, 1.807) is 10.6 Å². The van der Waals surface area contributed by atoms with Crippen molar-refractivity contribution in [3.8, 4) is 17.2 Å². The summed E-state index contributed by atoms with van der Waals surface area (Å²) in [5.41, 5.74) is 3.60. The van der Waals surface area contributed by atoms with Crippen molar-refractivity contribution in [1.29, 1.82) is 5.26 Å². The van der Waals surface area contributed by atoms with Crippen molar-refractivity contribution >= 4 is 11.8 Å². The highest BCUT2D eigenvalue weighted by Crippen LogP contribution is 2.23. The molecule has 0 aliphatic rings. The second kappa shape index (κ2) is 9.38. The number of nitriles is 1. The first kappa shape index (κ1) is 19.9. The Morgan fingerprint density at radius 3 is 2.57 bits per heavy atom. The Bertz CT molecular complexity index is 1050. The van der Waals surface area contributed by atoms with E-state index in [0.717, 1.165) is 46.8 Å². The Hall–Kier alpha value is -2.84. The first-order chi connectivity index (χ1) is 13.7. The second-order valence-corrected chi connectivity index (χ2v) is 7.42. The number of rotatable bonds is 7. The minimum Gasteiger partial charge on any atom is -0.292 e. The minimum atomic E-state index is -0.00986. The van der Waals surface area contributed by atoms with Gasteiger partial charge in [0.1, 0.15) is 10.9 Å². The molecule has 0 saturated carbocycles.